The standard InChI is InChI=1S/C11H19N3S/c1-9(12)10-4-5-13-11(8-10)15-7-6-14(2)3/h4-5,8-9H,6-7,12H2,1-3H3. The van der Waals surface area contributed by atoms with E-state index in [1.165, 1.54) is 0 Å². The van der Waals surface area contributed by atoms with Crippen LogP contribution >= 0.6 is 11.8 Å². The molecule has 1 aromatic rings. The van der Waals surface area contributed by atoms with E-state index in [0.29, 0.717) is 0 Å². The van der Waals surface area contributed by atoms with E-state index in [2.05, 4.69) is 30.0 Å². The van der Waals surface area contributed by atoms with Gasteiger partial charge in [-0.25, -0.2) is 4.98 Å². The smallest absolute Gasteiger partial charge is 0.0963 e. The molecule has 0 aliphatic carbocycles. The van der Waals surface area contributed by atoms with Crippen molar-refractivity contribution >= 4 is 11.8 Å². The Labute approximate surface area is 96.1 Å². The number of thioether (sulfide) groups is 1. The third kappa shape index (κ3) is 4.64. The average molecular weight is 225 g/mol. The Morgan fingerprint density at radius 2 is 2.27 bits per heavy atom. The van der Waals surface area contributed by atoms with Gasteiger partial charge in [0.1, 0.15) is 0 Å². The van der Waals surface area contributed by atoms with Gasteiger partial charge in [0.2, 0.25) is 0 Å². The van der Waals surface area contributed by atoms with Gasteiger partial charge in [-0.3, -0.25) is 0 Å². The minimum Gasteiger partial charge on any atom is -0.324 e. The number of pyridine rings is 1. The van der Waals surface area contributed by atoms with Crippen LogP contribution in [0.25, 0.3) is 0 Å². The molecule has 0 radical (unpaired) electrons. The van der Waals surface area contributed by atoms with E-state index in [1.807, 2.05) is 19.2 Å². The van der Waals surface area contributed by atoms with Gasteiger partial charge in [-0.1, -0.05) is 0 Å². The summed E-state index contributed by atoms with van der Waals surface area (Å²) in [6, 6.07) is 4.13. The van der Waals surface area contributed by atoms with Gasteiger partial charge in [0.15, 0.2) is 0 Å². The monoisotopic (exact) mass is 225 g/mol. The highest BCUT2D eigenvalue weighted by atomic mass is 32.2. The maximum absolute atomic E-state index is 5.81. The normalized spacial score (nSPS) is 13.1. The summed E-state index contributed by atoms with van der Waals surface area (Å²) in [5, 5.41) is 1.06. The summed E-state index contributed by atoms with van der Waals surface area (Å²) in [6.07, 6.45) is 1.83. The highest BCUT2D eigenvalue weighted by Gasteiger charge is 2.02. The van der Waals surface area contributed by atoms with Gasteiger partial charge in [0.05, 0.1) is 5.03 Å². The van der Waals surface area contributed by atoms with Crippen LogP contribution < -0.4 is 5.73 Å². The number of hydrogen-bond acceptors (Lipinski definition) is 4. The Bertz CT molecular complexity index is 300. The van der Waals surface area contributed by atoms with Crippen LogP contribution in [-0.2, 0) is 0 Å². The Morgan fingerprint density at radius 3 is 2.87 bits per heavy atom. The number of hydrogen-bond donors (Lipinski definition) is 1. The lowest BCUT2D eigenvalue weighted by Crippen LogP contribution is -2.14. The van der Waals surface area contributed by atoms with Gasteiger partial charge in [0, 0.05) is 24.5 Å². The van der Waals surface area contributed by atoms with Crippen LogP contribution in [0.1, 0.15) is 18.5 Å². The van der Waals surface area contributed by atoms with Gasteiger partial charge in [-0.15, -0.1) is 11.8 Å². The van der Waals surface area contributed by atoms with E-state index in [-0.39, 0.29) is 6.04 Å². The molecule has 0 saturated carbocycles. The fourth-order valence-electron chi connectivity index (χ4n) is 1.12. The quantitative estimate of drug-likeness (QED) is 0.775. The van der Waals surface area contributed by atoms with Crippen LogP contribution in [0.4, 0.5) is 0 Å². The minimum atomic E-state index is 0.0844. The second-order valence-electron chi connectivity index (χ2n) is 3.87. The molecule has 3 nitrogen and oxygen atoms in total. The van der Waals surface area contributed by atoms with Crippen LogP contribution in [0.2, 0.25) is 0 Å². The third-order valence-electron chi connectivity index (χ3n) is 2.07. The summed E-state index contributed by atoms with van der Waals surface area (Å²) in [4.78, 5) is 6.48. The Morgan fingerprint density at radius 1 is 1.53 bits per heavy atom. The van der Waals surface area contributed by atoms with Crippen molar-refractivity contribution < 1.29 is 0 Å². The van der Waals surface area contributed by atoms with Gasteiger partial charge in [-0.2, -0.15) is 0 Å². The van der Waals surface area contributed by atoms with E-state index in [1.54, 1.807) is 11.8 Å². The molecule has 0 fully saturated rings. The van der Waals surface area contributed by atoms with Crippen molar-refractivity contribution in [3.05, 3.63) is 23.9 Å². The molecule has 1 rings (SSSR count). The molecule has 0 saturated heterocycles. The molecule has 0 amide bonds. The Balaban J connectivity index is 2.50. The summed E-state index contributed by atoms with van der Waals surface area (Å²) in [5.74, 6) is 1.06. The van der Waals surface area contributed by atoms with E-state index < -0.39 is 0 Å². The first-order chi connectivity index (χ1) is 7.09. The fourth-order valence-corrected chi connectivity index (χ4v) is 2.14. The van der Waals surface area contributed by atoms with Crippen molar-refractivity contribution in [2.24, 2.45) is 5.73 Å². The molecular formula is C11H19N3S. The lowest BCUT2D eigenvalue weighted by atomic mass is 10.1. The van der Waals surface area contributed by atoms with E-state index in [0.717, 1.165) is 22.9 Å². The zero-order valence-corrected chi connectivity index (χ0v) is 10.4. The molecular weight excluding hydrogens is 206 g/mol. The van der Waals surface area contributed by atoms with Crippen LogP contribution in [0.15, 0.2) is 23.4 Å². The maximum atomic E-state index is 5.81. The first kappa shape index (κ1) is 12.5. The molecule has 0 aliphatic heterocycles. The maximum Gasteiger partial charge on any atom is 0.0963 e. The highest BCUT2D eigenvalue weighted by Crippen LogP contribution is 2.18. The van der Waals surface area contributed by atoms with Gasteiger partial charge >= 0.3 is 0 Å². The summed E-state index contributed by atoms with van der Waals surface area (Å²) >= 11 is 1.77. The van der Waals surface area contributed by atoms with E-state index in [9.17, 15) is 0 Å². The molecule has 1 atom stereocenters. The molecule has 84 valence electrons. The van der Waals surface area contributed by atoms with Gasteiger partial charge < -0.3 is 10.6 Å². The summed E-state index contributed by atoms with van der Waals surface area (Å²) in [5.41, 5.74) is 6.96. The lowest BCUT2D eigenvalue weighted by molar-refractivity contribution is 0.437. The number of nitrogens with two attached hydrogens (primary N) is 1. The zero-order chi connectivity index (χ0) is 11.3. The Hall–Kier alpha value is -0.580. The molecule has 4 heteroatoms. The first-order valence-electron chi connectivity index (χ1n) is 5.08. The Kier molecular flexibility index (Phi) is 5.08. The van der Waals surface area contributed by atoms with Gasteiger partial charge in [-0.05, 0) is 38.7 Å². The summed E-state index contributed by atoms with van der Waals surface area (Å²) in [6.45, 7) is 3.05. The van der Waals surface area contributed by atoms with Crippen LogP contribution in [0, 0.1) is 0 Å². The van der Waals surface area contributed by atoms with Crippen molar-refractivity contribution in [3.8, 4) is 0 Å². The van der Waals surface area contributed by atoms with Crippen molar-refractivity contribution in [1.82, 2.24) is 9.88 Å². The largest absolute Gasteiger partial charge is 0.324 e. The molecule has 1 unspecified atom stereocenters. The predicted molar refractivity (Wildman–Crippen MR) is 66.1 cm³/mol. The number of rotatable bonds is 5. The van der Waals surface area contributed by atoms with Gasteiger partial charge in [0.25, 0.3) is 0 Å². The van der Waals surface area contributed by atoms with Crippen molar-refractivity contribution in [1.29, 1.82) is 0 Å². The van der Waals surface area contributed by atoms with Crippen LogP contribution in [0.5, 0.6) is 0 Å². The van der Waals surface area contributed by atoms with Crippen LogP contribution in [-0.4, -0.2) is 36.3 Å². The fraction of sp³-hybridized carbons (Fsp3) is 0.545. The molecule has 0 spiro atoms. The number of nitrogens with zero attached hydrogens (tertiary/aromatic N) is 2. The van der Waals surface area contributed by atoms with E-state index >= 15 is 0 Å². The lowest BCUT2D eigenvalue weighted by Gasteiger charge is -2.09. The van der Waals surface area contributed by atoms with Crippen molar-refractivity contribution in [2.45, 2.75) is 18.0 Å². The highest BCUT2D eigenvalue weighted by molar-refractivity contribution is 7.99. The third-order valence-corrected chi connectivity index (χ3v) is 2.98. The van der Waals surface area contributed by atoms with Crippen molar-refractivity contribution in [3.63, 3.8) is 0 Å². The summed E-state index contributed by atoms with van der Waals surface area (Å²) in [7, 11) is 4.15. The second-order valence-corrected chi connectivity index (χ2v) is 4.98. The molecule has 15 heavy (non-hydrogen) atoms. The second kappa shape index (κ2) is 6.10. The molecule has 0 aliphatic rings. The summed E-state index contributed by atoms with van der Waals surface area (Å²) < 4.78 is 0. The topological polar surface area (TPSA) is 42.1 Å². The first-order valence-corrected chi connectivity index (χ1v) is 6.07. The number of aromatic nitrogens is 1. The molecule has 1 aromatic heterocycles. The van der Waals surface area contributed by atoms with E-state index in [4.69, 9.17) is 5.73 Å². The molecule has 0 aromatic carbocycles. The SMILES string of the molecule is CC(N)c1ccnc(SCCN(C)C)c1. The molecule has 0 bridgehead atoms. The average Bonchev–Trinajstić information content (AvgIpc) is 2.17. The molecule has 1 heterocycles. The zero-order valence-electron chi connectivity index (χ0n) is 9.60. The molecule has 2 N–H and O–H groups in total. The predicted octanol–water partition coefficient (Wildman–Crippen LogP) is 1.76. The van der Waals surface area contributed by atoms with Crippen LogP contribution in [0.3, 0.4) is 0 Å². The minimum absolute atomic E-state index is 0.0844. The van der Waals surface area contributed by atoms with Crippen molar-refractivity contribution in [2.75, 3.05) is 26.4 Å².